The van der Waals surface area contributed by atoms with Crippen molar-refractivity contribution in [2.24, 2.45) is 0 Å². The molecule has 6 nitrogen and oxygen atoms in total. The van der Waals surface area contributed by atoms with Crippen molar-refractivity contribution >= 4 is 11.2 Å². The van der Waals surface area contributed by atoms with Crippen LogP contribution in [0.5, 0.6) is 0 Å². The molecule has 0 aliphatic rings. The van der Waals surface area contributed by atoms with Crippen LogP contribution < -0.4 is 5.56 Å². The van der Waals surface area contributed by atoms with Crippen LogP contribution in [0.15, 0.2) is 4.79 Å². The van der Waals surface area contributed by atoms with Gasteiger partial charge >= 0.3 is 0 Å². The number of hydrogen-bond donors (Lipinski definition) is 1. The number of ether oxygens (including phenoxy) is 1. The number of nitrogens with zero attached hydrogens (tertiary/aromatic N) is 3. The quantitative estimate of drug-likeness (QED) is 0.888. The van der Waals surface area contributed by atoms with Crippen molar-refractivity contribution in [3.8, 4) is 0 Å². The van der Waals surface area contributed by atoms with E-state index in [-0.39, 0.29) is 17.9 Å². The number of rotatable bonds is 6. The van der Waals surface area contributed by atoms with Crippen LogP contribution in [-0.4, -0.2) is 25.6 Å². The molecule has 1 atom stereocenters. The number of imidazole rings is 1. The van der Waals surface area contributed by atoms with E-state index in [1.54, 1.807) is 6.92 Å². The van der Waals surface area contributed by atoms with Gasteiger partial charge in [0, 0.05) is 0 Å². The first-order valence-corrected chi connectivity index (χ1v) is 7.62. The first-order chi connectivity index (χ1) is 10.0. The Labute approximate surface area is 124 Å². The smallest absolute Gasteiger partial charge is 0.279 e. The highest BCUT2D eigenvalue weighted by atomic mass is 16.5. The average Bonchev–Trinajstić information content (AvgIpc) is 2.78. The van der Waals surface area contributed by atoms with Crippen molar-refractivity contribution in [3.05, 3.63) is 22.0 Å². The molecule has 0 bridgehead atoms. The molecule has 0 spiro atoms. The summed E-state index contributed by atoms with van der Waals surface area (Å²) >= 11 is 0. The summed E-state index contributed by atoms with van der Waals surface area (Å²) in [4.78, 5) is 23.5. The molecule has 0 aliphatic heterocycles. The fourth-order valence-electron chi connectivity index (χ4n) is 2.59. The predicted octanol–water partition coefficient (Wildman–Crippen LogP) is 2.85. The van der Waals surface area contributed by atoms with Crippen LogP contribution in [0.25, 0.3) is 11.2 Å². The van der Waals surface area contributed by atoms with Crippen LogP contribution in [0.1, 0.15) is 57.9 Å². The third-order valence-corrected chi connectivity index (χ3v) is 3.74. The minimum absolute atomic E-state index is 0.145. The molecular weight excluding hydrogens is 268 g/mol. The molecule has 0 aliphatic carbocycles. The largest absolute Gasteiger partial charge is 0.355 e. The molecule has 2 aromatic heterocycles. The monoisotopic (exact) mass is 292 g/mol. The molecule has 0 saturated heterocycles. The molecule has 0 radical (unpaired) electrons. The van der Waals surface area contributed by atoms with Crippen molar-refractivity contribution in [1.82, 2.24) is 19.5 Å². The molecule has 0 amide bonds. The predicted molar refractivity (Wildman–Crippen MR) is 82.4 cm³/mol. The molecule has 6 heteroatoms. The van der Waals surface area contributed by atoms with E-state index in [0.717, 1.165) is 25.1 Å². The van der Waals surface area contributed by atoms with Gasteiger partial charge in [-0.25, -0.2) is 9.97 Å². The molecule has 0 fully saturated rings. The van der Waals surface area contributed by atoms with E-state index in [2.05, 4.69) is 35.7 Å². The zero-order valence-corrected chi connectivity index (χ0v) is 13.4. The van der Waals surface area contributed by atoms with Crippen LogP contribution in [-0.2, 0) is 4.74 Å². The maximum Gasteiger partial charge on any atom is 0.279 e. The molecule has 0 saturated carbocycles. The second-order valence-corrected chi connectivity index (χ2v) is 5.29. The Balaban J connectivity index is 2.53. The molecule has 2 heterocycles. The highest BCUT2D eigenvalue weighted by Crippen LogP contribution is 2.24. The van der Waals surface area contributed by atoms with Gasteiger partial charge in [0.2, 0.25) is 0 Å². The van der Waals surface area contributed by atoms with Crippen LogP contribution in [0.3, 0.4) is 0 Å². The summed E-state index contributed by atoms with van der Waals surface area (Å²) in [5.74, 6) is 1.34. The summed E-state index contributed by atoms with van der Waals surface area (Å²) in [6.07, 6.45) is 2.79. The van der Waals surface area contributed by atoms with E-state index in [0.29, 0.717) is 17.0 Å². The summed E-state index contributed by atoms with van der Waals surface area (Å²) < 4.78 is 8.12. The number of aryl methyl sites for hydroxylation is 2. The van der Waals surface area contributed by atoms with Gasteiger partial charge < -0.3 is 9.72 Å². The summed E-state index contributed by atoms with van der Waals surface area (Å²) in [5, 5.41) is 0. The summed E-state index contributed by atoms with van der Waals surface area (Å²) in [6.45, 7) is 9.96. The maximum atomic E-state index is 12.0. The first-order valence-electron chi connectivity index (χ1n) is 7.62. The van der Waals surface area contributed by atoms with Gasteiger partial charge in [0.15, 0.2) is 11.2 Å². The Bertz CT molecular complexity index is 670. The number of aromatic nitrogens is 4. The van der Waals surface area contributed by atoms with Crippen molar-refractivity contribution < 1.29 is 4.74 Å². The lowest BCUT2D eigenvalue weighted by Crippen LogP contribution is -2.21. The van der Waals surface area contributed by atoms with E-state index in [4.69, 9.17) is 4.74 Å². The van der Waals surface area contributed by atoms with Crippen LogP contribution >= 0.6 is 0 Å². The van der Waals surface area contributed by atoms with Crippen molar-refractivity contribution in [3.63, 3.8) is 0 Å². The van der Waals surface area contributed by atoms with Gasteiger partial charge in [-0.3, -0.25) is 9.36 Å². The second kappa shape index (κ2) is 6.39. The SMILES string of the molecule is CCC(CC)OC(CC)n1c(C)nc2c(=O)[nH]c(C)nc21. The lowest BCUT2D eigenvalue weighted by Gasteiger charge is -2.24. The van der Waals surface area contributed by atoms with E-state index in [1.807, 2.05) is 11.5 Å². The van der Waals surface area contributed by atoms with Crippen molar-refractivity contribution in [2.45, 2.75) is 66.2 Å². The topological polar surface area (TPSA) is 72.8 Å². The van der Waals surface area contributed by atoms with Crippen LogP contribution in [0.4, 0.5) is 0 Å². The van der Waals surface area contributed by atoms with Gasteiger partial charge in [0.1, 0.15) is 17.9 Å². The fourth-order valence-corrected chi connectivity index (χ4v) is 2.59. The lowest BCUT2D eigenvalue weighted by molar-refractivity contribution is -0.0576. The minimum Gasteiger partial charge on any atom is -0.355 e. The zero-order chi connectivity index (χ0) is 15.6. The minimum atomic E-state index is -0.197. The third-order valence-electron chi connectivity index (χ3n) is 3.74. The van der Waals surface area contributed by atoms with Crippen LogP contribution in [0.2, 0.25) is 0 Å². The molecule has 1 unspecified atom stereocenters. The van der Waals surface area contributed by atoms with Crippen molar-refractivity contribution in [2.75, 3.05) is 0 Å². The Kier molecular flexibility index (Phi) is 4.77. The Morgan fingerprint density at radius 2 is 1.81 bits per heavy atom. The van der Waals surface area contributed by atoms with Gasteiger partial charge in [0.25, 0.3) is 5.56 Å². The normalized spacial score (nSPS) is 13.2. The molecule has 1 N–H and O–H groups in total. The van der Waals surface area contributed by atoms with Gasteiger partial charge in [-0.1, -0.05) is 20.8 Å². The first kappa shape index (κ1) is 15.7. The Morgan fingerprint density at radius 1 is 1.14 bits per heavy atom. The summed E-state index contributed by atoms with van der Waals surface area (Å²) in [6, 6.07) is 0. The molecule has 116 valence electrons. The molecule has 0 aromatic carbocycles. The second-order valence-electron chi connectivity index (χ2n) is 5.29. The maximum absolute atomic E-state index is 12.0. The van der Waals surface area contributed by atoms with Crippen molar-refractivity contribution in [1.29, 1.82) is 0 Å². The van der Waals surface area contributed by atoms with Gasteiger partial charge in [-0.2, -0.15) is 0 Å². The van der Waals surface area contributed by atoms with Gasteiger partial charge in [-0.05, 0) is 33.1 Å². The van der Waals surface area contributed by atoms with E-state index in [1.165, 1.54) is 0 Å². The summed E-state index contributed by atoms with van der Waals surface area (Å²) in [5.41, 5.74) is 0.785. The molecule has 2 rings (SSSR count). The fraction of sp³-hybridized carbons (Fsp3) is 0.667. The third kappa shape index (κ3) is 3.00. The van der Waals surface area contributed by atoms with E-state index >= 15 is 0 Å². The van der Waals surface area contributed by atoms with E-state index < -0.39 is 0 Å². The Hall–Kier alpha value is -1.69. The standard InChI is InChI=1S/C15H24N4O2/c1-6-11(7-2)21-12(8-3)19-10(5)18-13-14(19)16-9(4)17-15(13)20/h11-12H,6-8H2,1-5H3,(H,16,17,20). The zero-order valence-electron chi connectivity index (χ0n) is 13.4. The Morgan fingerprint density at radius 3 is 2.38 bits per heavy atom. The summed E-state index contributed by atoms with van der Waals surface area (Å²) in [7, 11) is 0. The lowest BCUT2D eigenvalue weighted by atomic mass is 10.2. The number of aromatic amines is 1. The van der Waals surface area contributed by atoms with E-state index in [9.17, 15) is 4.79 Å². The number of fused-ring (bicyclic) bond motifs is 1. The molecular formula is C15H24N4O2. The highest BCUT2D eigenvalue weighted by Gasteiger charge is 2.21. The number of nitrogens with one attached hydrogen (secondary N) is 1. The average molecular weight is 292 g/mol. The number of hydrogen-bond acceptors (Lipinski definition) is 4. The highest BCUT2D eigenvalue weighted by molar-refractivity contribution is 5.70. The van der Waals surface area contributed by atoms with Gasteiger partial charge in [0.05, 0.1) is 6.10 Å². The van der Waals surface area contributed by atoms with Crippen LogP contribution in [0, 0.1) is 13.8 Å². The van der Waals surface area contributed by atoms with Gasteiger partial charge in [-0.15, -0.1) is 0 Å². The number of H-pyrrole nitrogens is 1. The molecule has 21 heavy (non-hydrogen) atoms. The molecule has 2 aromatic rings.